The number of rotatable bonds is 6. The number of nitrogens with zero attached hydrogens (tertiary/aromatic N) is 6. The first-order valence-corrected chi connectivity index (χ1v) is 12.4. The fraction of sp³-hybridized carbons (Fsp3) is 0.296. The molecule has 2 atom stereocenters. The van der Waals surface area contributed by atoms with Crippen LogP contribution in [0.15, 0.2) is 53.7 Å². The van der Waals surface area contributed by atoms with E-state index >= 15 is 0 Å². The third-order valence-corrected chi connectivity index (χ3v) is 6.88. The molecule has 1 saturated heterocycles. The quantitative estimate of drug-likeness (QED) is 0.401. The molecule has 1 aliphatic rings. The zero-order valence-corrected chi connectivity index (χ0v) is 21.2. The monoisotopic (exact) mass is 538 g/mol. The molecule has 0 radical (unpaired) electrons. The first-order valence-electron chi connectivity index (χ1n) is 12.4. The van der Waals surface area contributed by atoms with Crippen molar-refractivity contribution in [3.63, 3.8) is 0 Å². The third-order valence-electron chi connectivity index (χ3n) is 6.88. The summed E-state index contributed by atoms with van der Waals surface area (Å²) in [5.41, 5.74) is -0.502. The molecule has 202 valence electrons. The second-order valence-corrected chi connectivity index (χ2v) is 9.47. The number of aromatic nitrogens is 5. The molecule has 5 rings (SSSR count). The molecule has 4 heterocycles. The minimum absolute atomic E-state index is 0.0121. The molecule has 1 fully saturated rings. The number of halogens is 3. The van der Waals surface area contributed by atoms with Gasteiger partial charge >= 0.3 is 0 Å². The molecule has 1 aromatic carbocycles. The largest absolute Gasteiger partial charge is 0.494 e. The van der Waals surface area contributed by atoms with Gasteiger partial charge in [-0.25, -0.2) is 13.2 Å². The molecular formula is C27H25F3N6O3. The summed E-state index contributed by atoms with van der Waals surface area (Å²) in [6, 6.07) is 4.63. The van der Waals surface area contributed by atoms with Crippen LogP contribution in [-0.2, 0) is 7.05 Å². The first-order chi connectivity index (χ1) is 18.7. The molecule has 0 bridgehead atoms. The highest BCUT2D eigenvalue weighted by Gasteiger charge is 2.34. The molecule has 9 nitrogen and oxygen atoms in total. The predicted octanol–water partition coefficient (Wildman–Crippen LogP) is 3.79. The maximum Gasteiger partial charge on any atom is 0.290 e. The Morgan fingerprint density at radius 2 is 1.90 bits per heavy atom. The van der Waals surface area contributed by atoms with Gasteiger partial charge in [0.1, 0.15) is 17.5 Å². The number of pyridine rings is 1. The molecule has 39 heavy (non-hydrogen) atoms. The summed E-state index contributed by atoms with van der Waals surface area (Å²) in [5.74, 6) is -3.77. The Balaban J connectivity index is 1.61. The van der Waals surface area contributed by atoms with Crippen molar-refractivity contribution in [1.82, 2.24) is 29.2 Å². The molecule has 4 aromatic rings. The van der Waals surface area contributed by atoms with Gasteiger partial charge in [-0.3, -0.25) is 23.8 Å². The van der Waals surface area contributed by atoms with Gasteiger partial charge in [0.25, 0.3) is 11.5 Å². The van der Waals surface area contributed by atoms with Crippen molar-refractivity contribution in [3.8, 4) is 17.3 Å². The van der Waals surface area contributed by atoms with E-state index in [0.29, 0.717) is 17.7 Å². The Hall–Kier alpha value is -4.48. The fourth-order valence-corrected chi connectivity index (χ4v) is 5.07. The van der Waals surface area contributed by atoms with Gasteiger partial charge in [0.15, 0.2) is 11.4 Å². The van der Waals surface area contributed by atoms with Crippen molar-refractivity contribution in [3.05, 3.63) is 93.5 Å². The van der Waals surface area contributed by atoms with Gasteiger partial charge in [-0.2, -0.15) is 10.1 Å². The molecule has 1 amide bonds. The molecule has 0 spiro atoms. The fourth-order valence-electron chi connectivity index (χ4n) is 5.07. The van der Waals surface area contributed by atoms with Crippen molar-refractivity contribution < 1.29 is 23.1 Å². The lowest BCUT2D eigenvalue weighted by Gasteiger charge is -2.26. The molecule has 1 N–H and O–H groups in total. The number of carbonyl (C=O) groups is 1. The molecule has 2 unspecified atom stereocenters. The SMILES string of the molecule is CCC(c1cc(F)cc(F)c1)n1c(-c2cnn(C)c2)nc(=O)c(C(=O)N2CCC(c3cc(F)ccn3)C2)c1O. The van der Waals surface area contributed by atoms with E-state index in [0.717, 1.165) is 18.2 Å². The Bertz CT molecular complexity index is 1600. The van der Waals surface area contributed by atoms with Gasteiger partial charge in [-0.1, -0.05) is 6.92 Å². The predicted molar refractivity (Wildman–Crippen MR) is 135 cm³/mol. The van der Waals surface area contributed by atoms with Gasteiger partial charge in [0.05, 0.1) is 17.8 Å². The van der Waals surface area contributed by atoms with Gasteiger partial charge in [-0.15, -0.1) is 0 Å². The Labute approximate surface area is 221 Å². The standard InChI is InChI=1S/C27H25F3N6O3/c1-3-22(16-8-19(29)10-20(30)9-16)36-24(17-12-32-34(2)13-17)33-25(37)23(27(36)39)26(38)35-7-5-15(14-35)21-11-18(28)4-6-31-21/h4,6,8-13,15,22,39H,3,5,7,14H2,1-2H3. The van der Waals surface area contributed by atoms with Gasteiger partial charge in [0, 0.05) is 50.2 Å². The summed E-state index contributed by atoms with van der Waals surface area (Å²) in [4.78, 5) is 36.5. The lowest BCUT2D eigenvalue weighted by Crippen LogP contribution is -2.35. The van der Waals surface area contributed by atoms with Crippen LogP contribution in [-0.4, -0.2) is 53.3 Å². The number of hydrogen-bond acceptors (Lipinski definition) is 6. The van der Waals surface area contributed by atoms with Gasteiger partial charge < -0.3 is 10.0 Å². The summed E-state index contributed by atoms with van der Waals surface area (Å²) < 4.78 is 44.7. The van der Waals surface area contributed by atoms with E-state index in [1.807, 2.05) is 0 Å². The normalized spacial score (nSPS) is 16.0. The summed E-state index contributed by atoms with van der Waals surface area (Å²) in [7, 11) is 1.65. The molecule has 0 aliphatic carbocycles. The van der Waals surface area contributed by atoms with Crippen LogP contribution in [0.3, 0.4) is 0 Å². The Morgan fingerprint density at radius 1 is 1.15 bits per heavy atom. The maximum atomic E-state index is 14.2. The Morgan fingerprint density at radius 3 is 2.54 bits per heavy atom. The lowest BCUT2D eigenvalue weighted by atomic mass is 10.0. The molecule has 0 saturated carbocycles. The summed E-state index contributed by atoms with van der Waals surface area (Å²) >= 11 is 0. The average Bonchev–Trinajstić information content (AvgIpc) is 3.55. The van der Waals surface area contributed by atoms with Crippen LogP contribution in [0.2, 0.25) is 0 Å². The number of carbonyl (C=O) groups excluding carboxylic acids is 1. The Kier molecular flexibility index (Phi) is 6.94. The summed E-state index contributed by atoms with van der Waals surface area (Å²) in [6.45, 7) is 2.14. The van der Waals surface area contributed by atoms with E-state index in [1.54, 1.807) is 20.2 Å². The van der Waals surface area contributed by atoms with E-state index in [9.17, 15) is 27.9 Å². The number of aryl methyl sites for hydroxylation is 1. The van der Waals surface area contributed by atoms with E-state index in [-0.39, 0.29) is 36.8 Å². The van der Waals surface area contributed by atoms with Crippen LogP contribution in [0.5, 0.6) is 5.88 Å². The van der Waals surface area contributed by atoms with E-state index in [1.165, 1.54) is 38.7 Å². The van der Waals surface area contributed by atoms with Crippen molar-refractivity contribution >= 4 is 5.91 Å². The maximum absolute atomic E-state index is 14.2. The molecular weight excluding hydrogens is 513 g/mol. The van der Waals surface area contributed by atoms with E-state index in [4.69, 9.17) is 0 Å². The minimum Gasteiger partial charge on any atom is -0.494 e. The summed E-state index contributed by atoms with van der Waals surface area (Å²) in [5, 5.41) is 15.6. The lowest BCUT2D eigenvalue weighted by molar-refractivity contribution is 0.0783. The average molecular weight is 539 g/mol. The van der Waals surface area contributed by atoms with Crippen LogP contribution in [0, 0.1) is 17.5 Å². The molecule has 1 aliphatic heterocycles. The number of hydrogen-bond donors (Lipinski definition) is 1. The van der Waals surface area contributed by atoms with Crippen molar-refractivity contribution in [2.75, 3.05) is 13.1 Å². The number of amides is 1. The first kappa shape index (κ1) is 26.1. The van der Waals surface area contributed by atoms with Crippen LogP contribution < -0.4 is 5.56 Å². The van der Waals surface area contributed by atoms with Crippen LogP contribution in [0.1, 0.15) is 53.3 Å². The minimum atomic E-state index is -0.958. The number of benzene rings is 1. The van der Waals surface area contributed by atoms with Gasteiger partial charge in [-0.05, 0) is 42.7 Å². The zero-order valence-electron chi connectivity index (χ0n) is 21.2. The highest BCUT2D eigenvalue weighted by molar-refractivity contribution is 5.96. The zero-order chi connectivity index (χ0) is 27.8. The van der Waals surface area contributed by atoms with Crippen molar-refractivity contribution in [1.29, 1.82) is 0 Å². The highest BCUT2D eigenvalue weighted by atomic mass is 19.1. The van der Waals surface area contributed by atoms with Gasteiger partial charge in [0.2, 0.25) is 5.88 Å². The van der Waals surface area contributed by atoms with E-state index in [2.05, 4.69) is 15.1 Å². The number of likely N-dealkylation sites (tertiary alicyclic amines) is 1. The van der Waals surface area contributed by atoms with Crippen LogP contribution in [0.4, 0.5) is 13.2 Å². The smallest absolute Gasteiger partial charge is 0.290 e. The van der Waals surface area contributed by atoms with Crippen LogP contribution >= 0.6 is 0 Å². The second kappa shape index (κ2) is 10.4. The summed E-state index contributed by atoms with van der Waals surface area (Å²) in [6.07, 6.45) is 5.06. The van der Waals surface area contributed by atoms with Crippen LogP contribution in [0.25, 0.3) is 11.4 Å². The van der Waals surface area contributed by atoms with Crippen molar-refractivity contribution in [2.45, 2.75) is 31.7 Å². The second-order valence-electron chi connectivity index (χ2n) is 9.47. The highest BCUT2D eigenvalue weighted by Crippen LogP contribution is 2.35. The topological polar surface area (TPSA) is 106 Å². The molecule has 3 aromatic heterocycles. The molecule has 12 heteroatoms. The third kappa shape index (κ3) is 5.01. The van der Waals surface area contributed by atoms with Crippen molar-refractivity contribution in [2.24, 2.45) is 7.05 Å². The number of aromatic hydroxyl groups is 1. The van der Waals surface area contributed by atoms with E-state index < -0.39 is 46.4 Å².